The quantitative estimate of drug-likeness (QED) is 0.622. The van der Waals surface area contributed by atoms with Gasteiger partial charge in [-0.15, -0.1) is 21.5 Å². The SMILES string of the molecule is Cc1nnc(C)s1.Cc1nsc(C)n1.Cc1nsc(C)n1. The summed E-state index contributed by atoms with van der Waals surface area (Å²) in [6.45, 7) is 11.6. The summed E-state index contributed by atoms with van der Waals surface area (Å²) in [6.07, 6.45) is 0. The number of aromatic nitrogens is 6. The van der Waals surface area contributed by atoms with E-state index in [1.54, 1.807) is 11.3 Å². The zero-order valence-corrected chi connectivity index (χ0v) is 15.4. The standard InChI is InChI=1S/3C4H6N2S/c1-3-5-6-4(2)7-3;2*1-3-5-4(2)7-6-3/h3*1-2H3. The summed E-state index contributed by atoms with van der Waals surface area (Å²) in [4.78, 5) is 8.04. The van der Waals surface area contributed by atoms with Crippen molar-refractivity contribution in [2.75, 3.05) is 0 Å². The average molecular weight is 343 g/mol. The molecule has 3 aromatic heterocycles. The molecule has 3 rings (SSSR count). The molecule has 0 atom stereocenters. The number of nitrogens with zero attached hydrogens (tertiary/aromatic N) is 6. The Morgan fingerprint density at radius 1 is 0.571 bits per heavy atom. The third-order valence-corrected chi connectivity index (χ3v) is 4.06. The summed E-state index contributed by atoms with van der Waals surface area (Å²) in [5.74, 6) is 1.75. The highest BCUT2D eigenvalue weighted by Crippen LogP contribution is 2.04. The van der Waals surface area contributed by atoms with Gasteiger partial charge in [-0.3, -0.25) is 0 Å². The van der Waals surface area contributed by atoms with E-state index in [1.165, 1.54) is 23.1 Å². The minimum absolute atomic E-state index is 0.877. The first-order valence-electron chi connectivity index (χ1n) is 6.17. The molecule has 6 nitrogen and oxygen atoms in total. The van der Waals surface area contributed by atoms with Crippen molar-refractivity contribution < 1.29 is 0 Å². The molecule has 0 aliphatic heterocycles. The van der Waals surface area contributed by atoms with Crippen LogP contribution in [0, 0.1) is 41.5 Å². The fourth-order valence-electron chi connectivity index (χ4n) is 1.20. The van der Waals surface area contributed by atoms with Crippen LogP contribution in [-0.2, 0) is 0 Å². The highest BCUT2D eigenvalue weighted by Gasteiger charge is 1.89. The molecule has 3 aromatic rings. The molecule has 0 saturated carbocycles. The first-order chi connectivity index (χ1) is 9.86. The molecule has 0 radical (unpaired) electrons. The summed E-state index contributed by atoms with van der Waals surface area (Å²) in [6, 6.07) is 0. The Hall–Kier alpha value is -1.32. The molecule has 0 N–H and O–H groups in total. The molecular formula is C12H18N6S3. The predicted molar refractivity (Wildman–Crippen MR) is 88.1 cm³/mol. The van der Waals surface area contributed by atoms with E-state index < -0.39 is 0 Å². The molecule has 0 amide bonds. The maximum absolute atomic E-state index is 4.02. The van der Waals surface area contributed by atoms with Gasteiger partial charge in [0.2, 0.25) is 0 Å². The third kappa shape index (κ3) is 7.88. The molecule has 0 aliphatic rings. The number of hydrogen-bond acceptors (Lipinski definition) is 9. The Balaban J connectivity index is 0.000000157. The van der Waals surface area contributed by atoms with Gasteiger partial charge in [-0.25, -0.2) is 9.97 Å². The second kappa shape index (κ2) is 8.85. The van der Waals surface area contributed by atoms with Crippen molar-refractivity contribution in [3.05, 3.63) is 31.7 Å². The second-order valence-corrected chi connectivity index (χ2v) is 7.36. The van der Waals surface area contributed by atoms with Crippen LogP contribution in [-0.4, -0.2) is 28.9 Å². The molecule has 21 heavy (non-hydrogen) atoms. The van der Waals surface area contributed by atoms with E-state index in [4.69, 9.17) is 0 Å². The lowest BCUT2D eigenvalue weighted by Crippen LogP contribution is -1.70. The minimum atomic E-state index is 0.877. The normalized spacial score (nSPS) is 9.43. The van der Waals surface area contributed by atoms with Gasteiger partial charge in [0.05, 0.1) is 0 Å². The molecule has 0 saturated heterocycles. The maximum Gasteiger partial charge on any atom is 0.139 e. The van der Waals surface area contributed by atoms with Crippen LogP contribution in [0.4, 0.5) is 0 Å². The van der Waals surface area contributed by atoms with E-state index in [1.807, 2.05) is 41.5 Å². The molecule has 0 bridgehead atoms. The number of hydrogen-bond donors (Lipinski definition) is 0. The average Bonchev–Trinajstić information content (AvgIpc) is 3.06. The first-order valence-corrected chi connectivity index (χ1v) is 8.53. The molecular weight excluding hydrogens is 324 g/mol. The van der Waals surface area contributed by atoms with Crippen molar-refractivity contribution in [2.24, 2.45) is 0 Å². The van der Waals surface area contributed by atoms with Gasteiger partial charge in [-0.05, 0) is 64.6 Å². The zero-order valence-electron chi connectivity index (χ0n) is 12.9. The van der Waals surface area contributed by atoms with Crippen LogP contribution in [0.25, 0.3) is 0 Å². The van der Waals surface area contributed by atoms with E-state index in [9.17, 15) is 0 Å². The van der Waals surface area contributed by atoms with Crippen LogP contribution in [0.2, 0.25) is 0 Å². The van der Waals surface area contributed by atoms with Crippen LogP contribution in [0.3, 0.4) is 0 Å². The predicted octanol–water partition coefficient (Wildman–Crippen LogP) is 3.46. The van der Waals surface area contributed by atoms with Gasteiger partial charge >= 0.3 is 0 Å². The van der Waals surface area contributed by atoms with Gasteiger partial charge in [-0.1, -0.05) is 0 Å². The van der Waals surface area contributed by atoms with Crippen molar-refractivity contribution in [3.8, 4) is 0 Å². The van der Waals surface area contributed by atoms with Gasteiger partial charge in [0, 0.05) is 0 Å². The van der Waals surface area contributed by atoms with Crippen LogP contribution in [0.5, 0.6) is 0 Å². The lowest BCUT2D eigenvalue weighted by atomic mass is 10.7. The van der Waals surface area contributed by atoms with Gasteiger partial charge in [0.25, 0.3) is 0 Å². The Morgan fingerprint density at radius 3 is 1.05 bits per heavy atom. The number of aryl methyl sites for hydroxylation is 6. The van der Waals surface area contributed by atoms with Crippen molar-refractivity contribution in [1.29, 1.82) is 0 Å². The Morgan fingerprint density at radius 2 is 0.952 bits per heavy atom. The lowest BCUT2D eigenvalue weighted by Gasteiger charge is -1.67. The summed E-state index contributed by atoms with van der Waals surface area (Å²) in [7, 11) is 0. The maximum atomic E-state index is 4.02. The Labute approximate surface area is 136 Å². The van der Waals surface area contributed by atoms with E-state index in [2.05, 4.69) is 28.9 Å². The molecule has 0 spiro atoms. The van der Waals surface area contributed by atoms with Gasteiger partial charge in [0.15, 0.2) is 0 Å². The zero-order chi connectivity index (χ0) is 15.8. The summed E-state index contributed by atoms with van der Waals surface area (Å²) < 4.78 is 7.89. The van der Waals surface area contributed by atoms with Crippen LogP contribution >= 0.6 is 34.4 Å². The molecule has 114 valence electrons. The van der Waals surface area contributed by atoms with E-state index >= 15 is 0 Å². The Bertz CT molecular complexity index is 517. The minimum Gasteiger partial charge on any atom is -0.225 e. The van der Waals surface area contributed by atoms with E-state index in [-0.39, 0.29) is 0 Å². The molecule has 9 heteroatoms. The molecule has 0 aliphatic carbocycles. The molecule has 0 aromatic carbocycles. The molecule has 0 fully saturated rings. The largest absolute Gasteiger partial charge is 0.225 e. The molecule has 0 unspecified atom stereocenters. The van der Waals surface area contributed by atoms with E-state index in [0.29, 0.717) is 0 Å². The first kappa shape index (κ1) is 17.7. The van der Waals surface area contributed by atoms with Gasteiger partial charge < -0.3 is 0 Å². The summed E-state index contributed by atoms with van der Waals surface area (Å²) in [5, 5.41) is 11.7. The lowest BCUT2D eigenvalue weighted by molar-refractivity contribution is 1.02. The number of rotatable bonds is 0. The van der Waals surface area contributed by atoms with Crippen molar-refractivity contribution in [3.63, 3.8) is 0 Å². The topological polar surface area (TPSA) is 77.3 Å². The van der Waals surface area contributed by atoms with Crippen molar-refractivity contribution >= 4 is 34.4 Å². The Kier molecular flexibility index (Phi) is 7.48. The van der Waals surface area contributed by atoms with Gasteiger partial charge in [0.1, 0.15) is 31.7 Å². The summed E-state index contributed by atoms with van der Waals surface area (Å²) in [5.41, 5.74) is 0. The second-order valence-electron chi connectivity index (χ2n) is 4.06. The van der Waals surface area contributed by atoms with Crippen LogP contribution in [0.1, 0.15) is 31.7 Å². The molecule has 3 heterocycles. The van der Waals surface area contributed by atoms with Crippen LogP contribution in [0.15, 0.2) is 0 Å². The smallest absolute Gasteiger partial charge is 0.139 e. The summed E-state index contributed by atoms with van der Waals surface area (Å²) >= 11 is 4.51. The fraction of sp³-hybridized carbons (Fsp3) is 0.500. The highest BCUT2D eigenvalue weighted by atomic mass is 32.1. The monoisotopic (exact) mass is 342 g/mol. The highest BCUT2D eigenvalue weighted by molar-refractivity contribution is 7.11. The fourth-order valence-corrected chi connectivity index (χ4v) is 2.74. The van der Waals surface area contributed by atoms with Crippen LogP contribution < -0.4 is 0 Å². The van der Waals surface area contributed by atoms with Crippen molar-refractivity contribution in [1.82, 2.24) is 28.9 Å². The third-order valence-electron chi connectivity index (χ3n) is 1.89. The van der Waals surface area contributed by atoms with Gasteiger partial charge in [-0.2, -0.15) is 8.75 Å². The van der Waals surface area contributed by atoms with Crippen molar-refractivity contribution in [2.45, 2.75) is 41.5 Å². The van der Waals surface area contributed by atoms with E-state index in [0.717, 1.165) is 31.7 Å².